The smallest absolute Gasteiger partial charge is 0.338 e. The Balaban J connectivity index is 2.51. The summed E-state index contributed by atoms with van der Waals surface area (Å²) in [5, 5.41) is 9.20. The molecule has 7 heteroatoms. The first-order chi connectivity index (χ1) is 9.41. The number of benzene rings is 1. The quantitative estimate of drug-likeness (QED) is 0.829. The topological polar surface area (TPSA) is 98.2 Å². The average molecular weight is 338 g/mol. The molecule has 0 radical (unpaired) electrons. The Kier molecular flexibility index (Phi) is 3.89. The van der Waals surface area contributed by atoms with Crippen molar-refractivity contribution in [1.29, 1.82) is 0 Å². The number of nitrogen functional groups attached to an aromatic ring is 1. The molecule has 0 bridgehead atoms. The highest BCUT2D eigenvalue weighted by molar-refractivity contribution is 9.10. The number of aromatic nitrogens is 2. The summed E-state index contributed by atoms with van der Waals surface area (Å²) in [6.07, 6.45) is 1.39. The van der Waals surface area contributed by atoms with Crippen LogP contribution in [0.2, 0.25) is 0 Å². The maximum atomic E-state index is 12.1. The molecular formula is C13H12BrN3O3. The number of hydrogen-bond acceptors (Lipinski definition) is 4. The number of halogens is 1. The molecule has 0 aliphatic carbocycles. The van der Waals surface area contributed by atoms with Crippen LogP contribution in [0.25, 0.3) is 0 Å². The molecule has 2 rings (SSSR count). The van der Waals surface area contributed by atoms with Gasteiger partial charge in [-0.05, 0) is 34.5 Å². The van der Waals surface area contributed by atoms with E-state index in [-0.39, 0.29) is 23.4 Å². The van der Waals surface area contributed by atoms with Crippen molar-refractivity contribution in [3.8, 4) is 0 Å². The van der Waals surface area contributed by atoms with E-state index in [4.69, 9.17) is 5.73 Å². The molecule has 6 nitrogen and oxygen atoms in total. The van der Waals surface area contributed by atoms with Gasteiger partial charge in [0.2, 0.25) is 0 Å². The van der Waals surface area contributed by atoms with Crippen molar-refractivity contribution in [3.63, 3.8) is 0 Å². The van der Waals surface area contributed by atoms with Gasteiger partial charge in [0.05, 0.1) is 24.1 Å². The molecule has 1 heterocycles. The fraction of sp³-hybridized carbons (Fsp3) is 0.154. The van der Waals surface area contributed by atoms with Gasteiger partial charge in [0, 0.05) is 5.69 Å². The maximum absolute atomic E-state index is 12.1. The average Bonchev–Trinajstić information content (AvgIpc) is 2.39. The molecular weight excluding hydrogens is 326 g/mol. The van der Waals surface area contributed by atoms with E-state index in [2.05, 4.69) is 20.9 Å². The molecule has 3 N–H and O–H groups in total. The fourth-order valence-electron chi connectivity index (χ4n) is 1.85. The third-order valence-corrected chi connectivity index (χ3v) is 3.81. The molecule has 0 unspecified atom stereocenters. The first-order valence-electron chi connectivity index (χ1n) is 5.74. The lowest BCUT2D eigenvalue weighted by Gasteiger charge is -2.11. The molecule has 0 spiro atoms. The van der Waals surface area contributed by atoms with Gasteiger partial charge in [0.1, 0.15) is 4.47 Å². The van der Waals surface area contributed by atoms with Crippen molar-refractivity contribution in [2.24, 2.45) is 0 Å². The lowest BCUT2D eigenvalue weighted by atomic mass is 10.1. The lowest BCUT2D eigenvalue weighted by molar-refractivity contribution is 0.0696. The van der Waals surface area contributed by atoms with Gasteiger partial charge in [-0.3, -0.25) is 9.36 Å². The van der Waals surface area contributed by atoms with E-state index in [1.807, 2.05) is 0 Å². The molecule has 2 aromatic rings. The summed E-state index contributed by atoms with van der Waals surface area (Å²) in [4.78, 5) is 27.4. The van der Waals surface area contributed by atoms with Gasteiger partial charge in [-0.2, -0.15) is 0 Å². The summed E-state index contributed by atoms with van der Waals surface area (Å²) < 4.78 is 1.69. The van der Waals surface area contributed by atoms with E-state index >= 15 is 0 Å². The third kappa shape index (κ3) is 2.57. The minimum atomic E-state index is -1.12. The van der Waals surface area contributed by atoms with E-state index in [0.29, 0.717) is 15.7 Å². The Morgan fingerprint density at radius 2 is 2.20 bits per heavy atom. The van der Waals surface area contributed by atoms with E-state index in [1.165, 1.54) is 17.0 Å². The van der Waals surface area contributed by atoms with Gasteiger partial charge < -0.3 is 10.8 Å². The lowest BCUT2D eigenvalue weighted by Crippen LogP contribution is -2.23. The molecule has 1 aromatic heterocycles. The number of carbonyl (C=O) groups is 1. The van der Waals surface area contributed by atoms with E-state index in [1.54, 1.807) is 19.1 Å². The summed E-state index contributed by atoms with van der Waals surface area (Å²) >= 11 is 3.17. The SMILES string of the molecule is Cc1ncn(Cc2cccc(N)c2C(=O)O)c(=O)c1Br. The first-order valence-corrected chi connectivity index (χ1v) is 6.53. The van der Waals surface area contributed by atoms with Crippen LogP contribution in [-0.2, 0) is 6.54 Å². The molecule has 0 amide bonds. The minimum Gasteiger partial charge on any atom is -0.478 e. The Morgan fingerprint density at radius 1 is 1.50 bits per heavy atom. The Hall–Kier alpha value is -2.15. The van der Waals surface area contributed by atoms with Gasteiger partial charge in [-0.25, -0.2) is 9.78 Å². The van der Waals surface area contributed by atoms with Crippen LogP contribution in [0.5, 0.6) is 0 Å². The van der Waals surface area contributed by atoms with E-state index in [9.17, 15) is 14.7 Å². The van der Waals surface area contributed by atoms with Crippen LogP contribution < -0.4 is 11.3 Å². The summed E-state index contributed by atoms with van der Waals surface area (Å²) in [5.74, 6) is -1.12. The van der Waals surface area contributed by atoms with Crippen LogP contribution in [-0.4, -0.2) is 20.6 Å². The van der Waals surface area contributed by atoms with Gasteiger partial charge in [-0.1, -0.05) is 12.1 Å². The number of nitrogens with zero attached hydrogens (tertiary/aromatic N) is 2. The highest BCUT2D eigenvalue weighted by Gasteiger charge is 2.15. The highest BCUT2D eigenvalue weighted by Crippen LogP contribution is 2.18. The van der Waals surface area contributed by atoms with Crippen molar-refractivity contribution in [2.75, 3.05) is 5.73 Å². The molecule has 0 fully saturated rings. The summed E-state index contributed by atoms with van der Waals surface area (Å²) in [6.45, 7) is 1.80. The number of nitrogens with two attached hydrogens (primary N) is 1. The van der Waals surface area contributed by atoms with Crippen LogP contribution in [0.3, 0.4) is 0 Å². The van der Waals surface area contributed by atoms with Crippen LogP contribution in [0.1, 0.15) is 21.6 Å². The van der Waals surface area contributed by atoms with E-state index < -0.39 is 5.97 Å². The van der Waals surface area contributed by atoms with Crippen molar-refractivity contribution in [1.82, 2.24) is 9.55 Å². The van der Waals surface area contributed by atoms with Crippen molar-refractivity contribution in [2.45, 2.75) is 13.5 Å². The monoisotopic (exact) mass is 337 g/mol. The zero-order valence-corrected chi connectivity index (χ0v) is 12.2. The molecule has 0 aliphatic heterocycles. The zero-order valence-electron chi connectivity index (χ0n) is 10.6. The maximum Gasteiger partial charge on any atom is 0.338 e. The molecule has 1 aromatic carbocycles. The van der Waals surface area contributed by atoms with Crippen molar-refractivity contribution >= 4 is 27.6 Å². The van der Waals surface area contributed by atoms with Gasteiger partial charge in [0.15, 0.2) is 0 Å². The van der Waals surface area contributed by atoms with Gasteiger partial charge in [-0.15, -0.1) is 0 Å². The molecule has 0 saturated heterocycles. The number of aryl methyl sites for hydroxylation is 1. The van der Waals surface area contributed by atoms with Crippen LogP contribution in [0.4, 0.5) is 5.69 Å². The standard InChI is InChI=1S/C13H12BrN3O3/c1-7-11(14)12(18)17(6-16-7)5-8-3-2-4-9(15)10(8)13(19)20/h2-4,6H,5,15H2,1H3,(H,19,20). The number of aromatic carboxylic acids is 1. The van der Waals surface area contributed by atoms with Gasteiger partial charge in [0.25, 0.3) is 5.56 Å². The molecule has 0 aliphatic rings. The summed E-state index contributed by atoms with van der Waals surface area (Å²) in [5.41, 5.74) is 6.62. The number of rotatable bonds is 3. The number of carboxylic acids is 1. The normalized spacial score (nSPS) is 10.5. The fourth-order valence-corrected chi connectivity index (χ4v) is 2.19. The largest absolute Gasteiger partial charge is 0.478 e. The highest BCUT2D eigenvalue weighted by atomic mass is 79.9. The predicted octanol–water partition coefficient (Wildman–Crippen LogP) is 1.64. The number of anilines is 1. The second kappa shape index (κ2) is 5.46. The van der Waals surface area contributed by atoms with Gasteiger partial charge >= 0.3 is 5.97 Å². The van der Waals surface area contributed by atoms with Crippen molar-refractivity contribution < 1.29 is 9.90 Å². The predicted molar refractivity (Wildman–Crippen MR) is 77.8 cm³/mol. The van der Waals surface area contributed by atoms with Crippen LogP contribution in [0.15, 0.2) is 33.8 Å². The first kappa shape index (κ1) is 14.3. The molecule has 0 atom stereocenters. The van der Waals surface area contributed by atoms with E-state index in [0.717, 1.165) is 0 Å². The van der Waals surface area contributed by atoms with Crippen LogP contribution >= 0.6 is 15.9 Å². The number of hydrogen-bond donors (Lipinski definition) is 2. The van der Waals surface area contributed by atoms with Crippen LogP contribution in [0, 0.1) is 6.92 Å². The zero-order chi connectivity index (χ0) is 14.9. The Labute approximate surface area is 123 Å². The third-order valence-electron chi connectivity index (χ3n) is 2.89. The van der Waals surface area contributed by atoms with Crippen molar-refractivity contribution in [3.05, 3.63) is 56.2 Å². The molecule has 20 heavy (non-hydrogen) atoms. The minimum absolute atomic E-state index is 0.0103. The summed E-state index contributed by atoms with van der Waals surface area (Å²) in [7, 11) is 0. The molecule has 0 saturated carbocycles. The Morgan fingerprint density at radius 3 is 2.85 bits per heavy atom. The number of carboxylic acid groups (broad SMARTS) is 1. The second-order valence-corrected chi connectivity index (χ2v) is 5.06. The second-order valence-electron chi connectivity index (χ2n) is 4.26. The summed E-state index contributed by atoms with van der Waals surface area (Å²) in [6, 6.07) is 4.79. The Bertz CT molecular complexity index is 740. The molecule has 104 valence electrons.